The van der Waals surface area contributed by atoms with E-state index in [0.29, 0.717) is 4.47 Å². The molecule has 6 heteroatoms. The lowest BCUT2D eigenvalue weighted by atomic mass is 10.3. The number of carboxylic acid groups (broad SMARTS) is 1. The molecular formula is C11H6BrFO4. The molecule has 1 aromatic carbocycles. The molecule has 88 valence electrons. The Morgan fingerprint density at radius 3 is 2.76 bits per heavy atom. The second-order valence-electron chi connectivity index (χ2n) is 3.10. The van der Waals surface area contributed by atoms with Gasteiger partial charge in [0, 0.05) is 12.1 Å². The zero-order valence-corrected chi connectivity index (χ0v) is 9.90. The Bertz CT molecular complexity index is 564. The summed E-state index contributed by atoms with van der Waals surface area (Å²) in [5, 5.41) is 8.64. The van der Waals surface area contributed by atoms with Gasteiger partial charge >= 0.3 is 5.97 Å². The minimum Gasteiger partial charge on any atom is -0.475 e. The molecule has 0 radical (unpaired) electrons. The van der Waals surface area contributed by atoms with Gasteiger partial charge in [-0.2, -0.15) is 0 Å². The Kier molecular flexibility index (Phi) is 3.14. The summed E-state index contributed by atoms with van der Waals surface area (Å²) in [5.41, 5.74) is 0. The summed E-state index contributed by atoms with van der Waals surface area (Å²) in [6.07, 6.45) is 0. The number of halogens is 2. The standard InChI is InChI=1S/C11H6BrFO4/c12-7-2-1-6(13)5-9(7)17-10-4-3-8(16-10)11(14)15/h1-5H,(H,14,15). The molecule has 4 nitrogen and oxygen atoms in total. The number of carbonyl (C=O) groups is 1. The summed E-state index contributed by atoms with van der Waals surface area (Å²) in [6, 6.07) is 6.51. The Hall–Kier alpha value is -1.82. The van der Waals surface area contributed by atoms with Crippen molar-refractivity contribution in [3.63, 3.8) is 0 Å². The number of benzene rings is 1. The van der Waals surface area contributed by atoms with Crippen LogP contribution >= 0.6 is 15.9 Å². The van der Waals surface area contributed by atoms with Crippen LogP contribution in [0.1, 0.15) is 10.6 Å². The lowest BCUT2D eigenvalue weighted by Crippen LogP contribution is -1.91. The third-order valence-electron chi connectivity index (χ3n) is 1.90. The smallest absolute Gasteiger partial charge is 0.371 e. The highest BCUT2D eigenvalue weighted by atomic mass is 79.9. The first-order valence-corrected chi connectivity index (χ1v) is 5.31. The van der Waals surface area contributed by atoms with Crippen LogP contribution in [-0.2, 0) is 0 Å². The van der Waals surface area contributed by atoms with Crippen LogP contribution in [0.15, 0.2) is 39.2 Å². The number of hydrogen-bond acceptors (Lipinski definition) is 3. The van der Waals surface area contributed by atoms with Crippen LogP contribution in [0.25, 0.3) is 0 Å². The Labute approximate surface area is 104 Å². The van der Waals surface area contributed by atoms with E-state index >= 15 is 0 Å². The van der Waals surface area contributed by atoms with E-state index in [4.69, 9.17) is 14.3 Å². The summed E-state index contributed by atoms with van der Waals surface area (Å²) in [4.78, 5) is 10.6. The molecule has 0 aliphatic carbocycles. The maximum atomic E-state index is 13.0. The van der Waals surface area contributed by atoms with E-state index in [1.807, 2.05) is 0 Å². The molecule has 0 aliphatic heterocycles. The van der Waals surface area contributed by atoms with Gasteiger partial charge in [0.15, 0.2) is 0 Å². The molecule has 2 aromatic rings. The Morgan fingerprint density at radius 2 is 2.12 bits per heavy atom. The van der Waals surface area contributed by atoms with Gasteiger partial charge in [-0.05, 0) is 34.1 Å². The molecule has 0 spiro atoms. The van der Waals surface area contributed by atoms with Crippen LogP contribution in [-0.4, -0.2) is 11.1 Å². The number of furan rings is 1. The summed E-state index contributed by atoms with van der Waals surface area (Å²) in [6.45, 7) is 0. The number of ether oxygens (including phenoxy) is 1. The third-order valence-corrected chi connectivity index (χ3v) is 2.55. The van der Waals surface area contributed by atoms with Crippen molar-refractivity contribution < 1.29 is 23.4 Å². The van der Waals surface area contributed by atoms with Gasteiger partial charge in [-0.25, -0.2) is 9.18 Å². The molecule has 0 amide bonds. The highest BCUT2D eigenvalue weighted by molar-refractivity contribution is 9.10. The fraction of sp³-hybridized carbons (Fsp3) is 0. The highest BCUT2D eigenvalue weighted by Gasteiger charge is 2.11. The van der Waals surface area contributed by atoms with Crippen molar-refractivity contribution in [2.45, 2.75) is 0 Å². The molecule has 2 rings (SSSR count). The quantitative estimate of drug-likeness (QED) is 0.939. The van der Waals surface area contributed by atoms with E-state index in [2.05, 4.69) is 15.9 Å². The fourth-order valence-electron chi connectivity index (χ4n) is 1.15. The lowest BCUT2D eigenvalue weighted by molar-refractivity contribution is 0.0657. The van der Waals surface area contributed by atoms with Gasteiger partial charge in [0.1, 0.15) is 11.6 Å². The minimum absolute atomic E-state index is 0.0197. The highest BCUT2D eigenvalue weighted by Crippen LogP contribution is 2.31. The van der Waals surface area contributed by atoms with Crippen molar-refractivity contribution >= 4 is 21.9 Å². The zero-order chi connectivity index (χ0) is 12.4. The van der Waals surface area contributed by atoms with Crippen LogP contribution in [0, 0.1) is 5.82 Å². The minimum atomic E-state index is -1.20. The van der Waals surface area contributed by atoms with Gasteiger partial charge in [0.2, 0.25) is 5.76 Å². The molecule has 0 fully saturated rings. The first kappa shape index (κ1) is 11.7. The molecule has 0 unspecified atom stereocenters. The van der Waals surface area contributed by atoms with Gasteiger partial charge < -0.3 is 14.3 Å². The molecule has 0 saturated carbocycles. The van der Waals surface area contributed by atoms with Gasteiger partial charge in [0.25, 0.3) is 5.95 Å². The first-order valence-electron chi connectivity index (χ1n) is 4.52. The van der Waals surface area contributed by atoms with E-state index < -0.39 is 11.8 Å². The van der Waals surface area contributed by atoms with Gasteiger partial charge in [-0.3, -0.25) is 0 Å². The van der Waals surface area contributed by atoms with E-state index in [-0.39, 0.29) is 17.5 Å². The molecular weight excluding hydrogens is 295 g/mol. The van der Waals surface area contributed by atoms with Crippen LogP contribution < -0.4 is 4.74 Å². The van der Waals surface area contributed by atoms with E-state index in [0.717, 1.165) is 6.07 Å². The summed E-state index contributed by atoms with van der Waals surface area (Å²) < 4.78 is 23.6. The predicted molar refractivity (Wildman–Crippen MR) is 59.8 cm³/mol. The van der Waals surface area contributed by atoms with Crippen molar-refractivity contribution in [1.82, 2.24) is 0 Å². The summed E-state index contributed by atoms with van der Waals surface area (Å²) in [5.74, 6) is -1.72. The van der Waals surface area contributed by atoms with Gasteiger partial charge in [0.05, 0.1) is 4.47 Å². The second-order valence-corrected chi connectivity index (χ2v) is 3.95. The normalized spacial score (nSPS) is 10.2. The van der Waals surface area contributed by atoms with Crippen molar-refractivity contribution in [2.75, 3.05) is 0 Å². The maximum absolute atomic E-state index is 13.0. The topological polar surface area (TPSA) is 59.7 Å². The predicted octanol–water partition coefficient (Wildman–Crippen LogP) is 3.67. The van der Waals surface area contributed by atoms with Crippen LogP contribution in [0.5, 0.6) is 11.7 Å². The van der Waals surface area contributed by atoms with E-state index in [1.54, 1.807) is 0 Å². The molecule has 0 atom stereocenters. The largest absolute Gasteiger partial charge is 0.475 e. The monoisotopic (exact) mass is 300 g/mol. The lowest BCUT2D eigenvalue weighted by Gasteiger charge is -2.04. The third kappa shape index (κ3) is 2.65. The molecule has 1 heterocycles. The van der Waals surface area contributed by atoms with Crippen molar-refractivity contribution in [2.24, 2.45) is 0 Å². The number of carboxylic acids is 1. The molecule has 0 bridgehead atoms. The molecule has 0 saturated heterocycles. The van der Waals surface area contributed by atoms with Crippen molar-refractivity contribution in [3.05, 3.63) is 46.4 Å². The summed E-state index contributed by atoms with van der Waals surface area (Å²) in [7, 11) is 0. The number of aromatic carboxylic acids is 1. The molecule has 0 aliphatic rings. The second kappa shape index (κ2) is 4.58. The molecule has 17 heavy (non-hydrogen) atoms. The van der Waals surface area contributed by atoms with Crippen molar-refractivity contribution in [3.8, 4) is 11.7 Å². The maximum Gasteiger partial charge on any atom is 0.371 e. The van der Waals surface area contributed by atoms with E-state index in [9.17, 15) is 9.18 Å². The zero-order valence-electron chi connectivity index (χ0n) is 8.31. The Morgan fingerprint density at radius 1 is 1.35 bits per heavy atom. The summed E-state index contributed by atoms with van der Waals surface area (Å²) >= 11 is 3.17. The van der Waals surface area contributed by atoms with Crippen LogP contribution in [0.3, 0.4) is 0 Å². The van der Waals surface area contributed by atoms with E-state index in [1.165, 1.54) is 24.3 Å². The average Bonchev–Trinajstić information content (AvgIpc) is 2.72. The van der Waals surface area contributed by atoms with Gasteiger partial charge in [-0.15, -0.1) is 0 Å². The molecule has 1 aromatic heterocycles. The number of hydrogen-bond donors (Lipinski definition) is 1. The Balaban J connectivity index is 2.25. The van der Waals surface area contributed by atoms with Crippen molar-refractivity contribution in [1.29, 1.82) is 0 Å². The first-order chi connectivity index (χ1) is 8.06. The van der Waals surface area contributed by atoms with Gasteiger partial charge in [-0.1, -0.05) is 0 Å². The average molecular weight is 301 g/mol. The SMILES string of the molecule is O=C(O)c1ccc(Oc2cc(F)ccc2Br)o1. The van der Waals surface area contributed by atoms with Crippen LogP contribution in [0.2, 0.25) is 0 Å². The molecule has 1 N–H and O–H groups in total. The fourth-order valence-corrected chi connectivity index (χ4v) is 1.48. The van der Waals surface area contributed by atoms with Crippen LogP contribution in [0.4, 0.5) is 4.39 Å². The number of rotatable bonds is 3.